The summed E-state index contributed by atoms with van der Waals surface area (Å²) >= 11 is 0. The van der Waals surface area contributed by atoms with Gasteiger partial charge in [0.25, 0.3) is 0 Å². The first-order valence-electron chi connectivity index (χ1n) is 5.81. The van der Waals surface area contributed by atoms with E-state index in [4.69, 9.17) is 4.74 Å². The Balaban J connectivity index is 2.15. The lowest BCUT2D eigenvalue weighted by molar-refractivity contribution is -0.0476. The minimum absolute atomic E-state index is 0.304. The number of aliphatic hydroxyl groups is 1. The number of rotatable bonds is 2. The Morgan fingerprint density at radius 3 is 2.62 bits per heavy atom. The molecule has 0 aliphatic heterocycles. The van der Waals surface area contributed by atoms with Crippen LogP contribution in [0.5, 0.6) is 0 Å². The van der Waals surface area contributed by atoms with Crippen LogP contribution in [0.3, 0.4) is 0 Å². The highest BCUT2D eigenvalue weighted by Crippen LogP contribution is 2.37. The first kappa shape index (κ1) is 11.6. The van der Waals surface area contributed by atoms with Crippen molar-refractivity contribution in [2.75, 3.05) is 7.11 Å². The summed E-state index contributed by atoms with van der Waals surface area (Å²) in [6, 6.07) is 2.03. The Morgan fingerprint density at radius 1 is 1.38 bits per heavy atom. The molecule has 1 saturated carbocycles. The molecule has 1 aliphatic carbocycles. The maximum absolute atomic E-state index is 10.6. The average Bonchev–Trinajstić information content (AvgIpc) is 2.30. The molecule has 16 heavy (non-hydrogen) atoms. The molecular weight excluding hydrogens is 202 g/mol. The molecule has 1 fully saturated rings. The van der Waals surface area contributed by atoms with Gasteiger partial charge in [-0.25, -0.2) is 0 Å². The Kier molecular flexibility index (Phi) is 3.26. The van der Waals surface area contributed by atoms with Crippen LogP contribution < -0.4 is 0 Å². The molecule has 2 rings (SSSR count). The Bertz CT molecular complexity index is 357. The van der Waals surface area contributed by atoms with Crippen molar-refractivity contribution in [2.24, 2.45) is 0 Å². The molecule has 0 spiro atoms. The van der Waals surface area contributed by atoms with Gasteiger partial charge in [0.1, 0.15) is 0 Å². The molecule has 1 aromatic rings. The molecule has 1 aliphatic rings. The van der Waals surface area contributed by atoms with Crippen LogP contribution in [0.1, 0.15) is 36.8 Å². The second-order valence-corrected chi connectivity index (χ2v) is 4.72. The van der Waals surface area contributed by atoms with E-state index in [9.17, 15) is 5.11 Å². The van der Waals surface area contributed by atoms with Crippen LogP contribution >= 0.6 is 0 Å². The standard InChI is InChI=1S/C13H19NO2/c1-10-7-11(9-14-8-10)13(15)5-3-12(16-2)4-6-13/h7-9,12,15H,3-6H2,1-2H3. The van der Waals surface area contributed by atoms with Gasteiger partial charge in [-0.1, -0.05) is 6.07 Å². The van der Waals surface area contributed by atoms with Crippen molar-refractivity contribution in [1.82, 2.24) is 4.98 Å². The topological polar surface area (TPSA) is 42.4 Å². The van der Waals surface area contributed by atoms with Crippen molar-refractivity contribution in [2.45, 2.75) is 44.3 Å². The molecule has 1 heterocycles. The SMILES string of the molecule is COC1CCC(O)(c2cncc(C)c2)CC1. The van der Waals surface area contributed by atoms with Gasteiger partial charge in [0, 0.05) is 25.1 Å². The second kappa shape index (κ2) is 4.52. The molecule has 0 radical (unpaired) electrons. The van der Waals surface area contributed by atoms with Gasteiger partial charge in [-0.3, -0.25) is 4.98 Å². The maximum Gasteiger partial charge on any atom is 0.0913 e. The molecule has 3 heteroatoms. The normalized spacial score (nSPS) is 30.3. The second-order valence-electron chi connectivity index (χ2n) is 4.72. The summed E-state index contributed by atoms with van der Waals surface area (Å²) in [4.78, 5) is 4.15. The number of nitrogens with zero attached hydrogens (tertiary/aromatic N) is 1. The first-order chi connectivity index (χ1) is 7.64. The minimum Gasteiger partial charge on any atom is -0.385 e. The quantitative estimate of drug-likeness (QED) is 0.832. The lowest BCUT2D eigenvalue weighted by atomic mass is 9.79. The van der Waals surface area contributed by atoms with E-state index in [0.29, 0.717) is 6.10 Å². The molecule has 0 saturated heterocycles. The maximum atomic E-state index is 10.6. The zero-order valence-corrected chi connectivity index (χ0v) is 9.94. The van der Waals surface area contributed by atoms with Gasteiger partial charge < -0.3 is 9.84 Å². The van der Waals surface area contributed by atoms with E-state index in [1.807, 2.05) is 19.2 Å². The van der Waals surface area contributed by atoms with Gasteiger partial charge in [-0.05, 0) is 38.2 Å². The molecule has 1 aromatic heterocycles. The summed E-state index contributed by atoms with van der Waals surface area (Å²) in [5.74, 6) is 0. The van der Waals surface area contributed by atoms with Crippen LogP contribution in [-0.4, -0.2) is 23.3 Å². The van der Waals surface area contributed by atoms with Crippen molar-refractivity contribution in [3.63, 3.8) is 0 Å². The lowest BCUT2D eigenvalue weighted by Gasteiger charge is -2.35. The highest BCUT2D eigenvalue weighted by atomic mass is 16.5. The van der Waals surface area contributed by atoms with Crippen LogP contribution in [-0.2, 0) is 10.3 Å². The monoisotopic (exact) mass is 221 g/mol. The average molecular weight is 221 g/mol. The summed E-state index contributed by atoms with van der Waals surface area (Å²) in [6.07, 6.45) is 7.25. The summed E-state index contributed by atoms with van der Waals surface area (Å²) in [7, 11) is 1.74. The smallest absolute Gasteiger partial charge is 0.0913 e. The van der Waals surface area contributed by atoms with Gasteiger partial charge in [0.05, 0.1) is 11.7 Å². The fourth-order valence-electron chi connectivity index (χ4n) is 2.40. The van der Waals surface area contributed by atoms with Crippen LogP contribution in [0, 0.1) is 6.92 Å². The zero-order chi connectivity index (χ0) is 11.6. The highest BCUT2D eigenvalue weighted by molar-refractivity contribution is 5.23. The van der Waals surface area contributed by atoms with E-state index < -0.39 is 5.60 Å². The molecule has 0 unspecified atom stereocenters. The molecule has 0 bridgehead atoms. The number of methoxy groups -OCH3 is 1. The molecule has 0 aromatic carbocycles. The molecule has 3 nitrogen and oxygen atoms in total. The fraction of sp³-hybridized carbons (Fsp3) is 0.615. The molecule has 0 amide bonds. The minimum atomic E-state index is -0.700. The third kappa shape index (κ3) is 2.25. The third-order valence-corrected chi connectivity index (χ3v) is 3.51. The summed E-state index contributed by atoms with van der Waals surface area (Å²) in [6.45, 7) is 2.00. The first-order valence-corrected chi connectivity index (χ1v) is 5.81. The number of hydrogen-bond acceptors (Lipinski definition) is 3. The lowest BCUT2D eigenvalue weighted by Crippen LogP contribution is -2.34. The van der Waals surface area contributed by atoms with E-state index in [0.717, 1.165) is 36.8 Å². The van der Waals surface area contributed by atoms with Gasteiger partial charge in [-0.15, -0.1) is 0 Å². The van der Waals surface area contributed by atoms with Crippen molar-refractivity contribution in [3.05, 3.63) is 29.6 Å². The van der Waals surface area contributed by atoms with Crippen LogP contribution in [0.2, 0.25) is 0 Å². The van der Waals surface area contributed by atoms with E-state index >= 15 is 0 Å². The van der Waals surface area contributed by atoms with Crippen LogP contribution in [0.15, 0.2) is 18.5 Å². The van der Waals surface area contributed by atoms with Crippen LogP contribution in [0.4, 0.5) is 0 Å². The van der Waals surface area contributed by atoms with Gasteiger partial charge in [-0.2, -0.15) is 0 Å². The van der Waals surface area contributed by atoms with Gasteiger partial charge in [0.15, 0.2) is 0 Å². The van der Waals surface area contributed by atoms with E-state index in [1.165, 1.54) is 0 Å². The Hall–Kier alpha value is -0.930. The van der Waals surface area contributed by atoms with E-state index in [2.05, 4.69) is 4.98 Å². The predicted molar refractivity (Wildman–Crippen MR) is 62.1 cm³/mol. The van der Waals surface area contributed by atoms with Crippen molar-refractivity contribution in [1.29, 1.82) is 0 Å². The third-order valence-electron chi connectivity index (χ3n) is 3.51. The zero-order valence-electron chi connectivity index (χ0n) is 9.94. The molecule has 0 atom stereocenters. The van der Waals surface area contributed by atoms with Crippen molar-refractivity contribution in [3.8, 4) is 0 Å². The van der Waals surface area contributed by atoms with Crippen LogP contribution in [0.25, 0.3) is 0 Å². The number of hydrogen-bond donors (Lipinski definition) is 1. The number of ether oxygens (including phenoxy) is 1. The molecule has 1 N–H and O–H groups in total. The number of aryl methyl sites for hydroxylation is 1. The predicted octanol–water partition coefficient (Wildman–Crippen LogP) is 2.17. The fourth-order valence-corrected chi connectivity index (χ4v) is 2.40. The van der Waals surface area contributed by atoms with Crippen molar-refractivity contribution >= 4 is 0 Å². The van der Waals surface area contributed by atoms with E-state index in [-0.39, 0.29) is 0 Å². The summed E-state index contributed by atoms with van der Waals surface area (Å²) < 4.78 is 5.32. The Labute approximate surface area is 96.5 Å². The largest absolute Gasteiger partial charge is 0.385 e. The van der Waals surface area contributed by atoms with Crippen molar-refractivity contribution < 1.29 is 9.84 Å². The number of pyridine rings is 1. The summed E-state index contributed by atoms with van der Waals surface area (Å²) in [5.41, 5.74) is 1.34. The van der Waals surface area contributed by atoms with Gasteiger partial charge >= 0.3 is 0 Å². The van der Waals surface area contributed by atoms with E-state index in [1.54, 1.807) is 13.3 Å². The molecule has 88 valence electrons. The Morgan fingerprint density at radius 2 is 2.06 bits per heavy atom. The van der Waals surface area contributed by atoms with Gasteiger partial charge in [0.2, 0.25) is 0 Å². The number of aromatic nitrogens is 1. The molecular formula is C13H19NO2. The summed E-state index contributed by atoms with van der Waals surface area (Å²) in [5, 5.41) is 10.6. The highest BCUT2D eigenvalue weighted by Gasteiger charge is 2.35.